The molecule has 0 radical (unpaired) electrons. The zero-order valence-corrected chi connectivity index (χ0v) is 20.0. The monoisotopic (exact) mass is 521 g/mol. The van der Waals surface area contributed by atoms with Crippen LogP contribution in [0.15, 0.2) is 90.0 Å². The largest absolute Gasteiger partial charge is 0.507 e. The molecule has 2 heterocycles. The number of benzene rings is 2. The maximum Gasteiger partial charge on any atom is 0.295 e. The summed E-state index contributed by atoms with van der Waals surface area (Å²) in [4.78, 5) is 31.7. The van der Waals surface area contributed by atoms with Crippen molar-refractivity contribution in [3.05, 3.63) is 101 Å². The molecule has 0 unspecified atom stereocenters. The number of carbonyl (C=O) groups is 2. The van der Waals surface area contributed by atoms with Crippen LogP contribution in [0.5, 0.6) is 5.75 Å². The summed E-state index contributed by atoms with van der Waals surface area (Å²) >= 11 is 3.38. The first-order chi connectivity index (χ1) is 16.5. The Hall–Kier alpha value is -3.65. The first kappa shape index (κ1) is 23.5. The van der Waals surface area contributed by atoms with Gasteiger partial charge < -0.3 is 19.3 Å². The van der Waals surface area contributed by atoms with E-state index in [1.807, 2.05) is 22.9 Å². The van der Waals surface area contributed by atoms with E-state index in [1.54, 1.807) is 55.0 Å². The minimum Gasteiger partial charge on any atom is -0.507 e. The Labute approximate surface area is 206 Å². The summed E-state index contributed by atoms with van der Waals surface area (Å²) in [5.41, 5.74) is 1.26. The molecule has 8 heteroatoms. The summed E-state index contributed by atoms with van der Waals surface area (Å²) < 4.78 is 8.32. The van der Waals surface area contributed by atoms with Gasteiger partial charge in [-0.05, 0) is 36.2 Å². The van der Waals surface area contributed by atoms with Gasteiger partial charge in [-0.1, -0.05) is 52.9 Å². The van der Waals surface area contributed by atoms with E-state index in [4.69, 9.17) is 4.74 Å². The number of Topliss-reactive ketones (excluding diaryl/α,β-unsaturated/α-hetero) is 1. The number of ether oxygens (including phenoxy) is 1. The topological polar surface area (TPSA) is 84.7 Å². The third kappa shape index (κ3) is 4.97. The molecule has 1 atom stereocenters. The SMILES string of the molecule is C=CCOc1ccc([C@@H]2/C(=C(\O)c3ccc(Br)cc3)C(=O)C(=O)N2CCCn2ccnc2)cc1. The lowest BCUT2D eigenvalue weighted by atomic mass is 9.95. The van der Waals surface area contributed by atoms with Gasteiger partial charge in [0.15, 0.2) is 0 Å². The lowest BCUT2D eigenvalue weighted by Gasteiger charge is -2.25. The van der Waals surface area contributed by atoms with Crippen LogP contribution < -0.4 is 4.74 Å². The van der Waals surface area contributed by atoms with Gasteiger partial charge in [-0.15, -0.1) is 0 Å². The summed E-state index contributed by atoms with van der Waals surface area (Å²) in [6.07, 6.45) is 7.53. The second-order valence-electron chi connectivity index (χ2n) is 7.82. The fourth-order valence-electron chi connectivity index (χ4n) is 3.96. The standard InChI is InChI=1S/C26H24BrN3O4/c1-2-16-34-21-10-6-18(7-11-21)23-22(24(31)19-4-8-20(27)9-5-19)25(32)26(33)30(23)14-3-13-29-15-12-28-17-29/h2,4-12,15,17,23,31H,1,3,13-14,16H2/b24-22+/t23-/m1/s1. The number of hydrogen-bond acceptors (Lipinski definition) is 5. The molecule has 174 valence electrons. The number of carbonyl (C=O) groups excluding carboxylic acids is 2. The number of aliphatic hydroxyl groups excluding tert-OH is 1. The van der Waals surface area contributed by atoms with Crippen LogP contribution in [-0.2, 0) is 16.1 Å². The van der Waals surface area contributed by atoms with Gasteiger partial charge in [-0.2, -0.15) is 0 Å². The molecule has 1 saturated heterocycles. The quantitative estimate of drug-likeness (QED) is 0.190. The minimum absolute atomic E-state index is 0.0784. The van der Waals surface area contributed by atoms with Gasteiger partial charge in [0.2, 0.25) is 0 Å². The molecule has 1 aliphatic heterocycles. The third-order valence-corrected chi connectivity index (χ3v) is 6.12. The predicted molar refractivity (Wildman–Crippen MR) is 132 cm³/mol. The first-order valence-corrected chi connectivity index (χ1v) is 11.6. The number of nitrogens with zero attached hydrogens (tertiary/aromatic N) is 3. The molecule has 34 heavy (non-hydrogen) atoms. The highest BCUT2D eigenvalue weighted by molar-refractivity contribution is 9.10. The molecular formula is C26H24BrN3O4. The van der Waals surface area contributed by atoms with Crippen LogP contribution in [0.1, 0.15) is 23.6 Å². The normalized spacial score (nSPS) is 17.2. The molecule has 1 aliphatic rings. The number of hydrogen-bond donors (Lipinski definition) is 1. The van der Waals surface area contributed by atoms with Gasteiger partial charge >= 0.3 is 0 Å². The number of aromatic nitrogens is 2. The maximum absolute atomic E-state index is 13.1. The van der Waals surface area contributed by atoms with Gasteiger partial charge in [0, 0.05) is 35.5 Å². The molecule has 0 saturated carbocycles. The van der Waals surface area contributed by atoms with Crippen molar-refractivity contribution in [2.24, 2.45) is 0 Å². The second kappa shape index (κ2) is 10.5. The molecule has 1 amide bonds. The van der Waals surface area contributed by atoms with Crippen molar-refractivity contribution >= 4 is 33.4 Å². The van der Waals surface area contributed by atoms with Gasteiger partial charge in [0.25, 0.3) is 11.7 Å². The second-order valence-corrected chi connectivity index (χ2v) is 8.74. The number of rotatable bonds is 9. The van der Waals surface area contributed by atoms with Crippen molar-refractivity contribution in [2.75, 3.05) is 13.2 Å². The summed E-state index contributed by atoms with van der Waals surface area (Å²) in [6, 6.07) is 13.4. The van der Waals surface area contributed by atoms with E-state index in [0.29, 0.717) is 43.0 Å². The zero-order chi connectivity index (χ0) is 24.1. The highest BCUT2D eigenvalue weighted by Crippen LogP contribution is 2.40. The van der Waals surface area contributed by atoms with E-state index in [9.17, 15) is 14.7 Å². The molecule has 1 fully saturated rings. The number of ketones is 1. The van der Waals surface area contributed by atoms with Crippen LogP contribution in [0, 0.1) is 0 Å². The molecule has 0 spiro atoms. The van der Waals surface area contributed by atoms with Crippen LogP contribution in [0.4, 0.5) is 0 Å². The Morgan fingerprint density at radius 1 is 1.12 bits per heavy atom. The summed E-state index contributed by atoms with van der Waals surface area (Å²) in [7, 11) is 0. The van der Waals surface area contributed by atoms with E-state index in [1.165, 1.54) is 4.90 Å². The number of aryl methyl sites for hydroxylation is 1. The van der Waals surface area contributed by atoms with Crippen LogP contribution in [0.25, 0.3) is 5.76 Å². The van der Waals surface area contributed by atoms with Crippen molar-refractivity contribution in [1.29, 1.82) is 0 Å². The Kier molecular flexibility index (Phi) is 7.27. The number of amides is 1. The van der Waals surface area contributed by atoms with Crippen molar-refractivity contribution in [3.63, 3.8) is 0 Å². The molecule has 1 N–H and O–H groups in total. The number of halogens is 1. The van der Waals surface area contributed by atoms with Crippen molar-refractivity contribution in [2.45, 2.75) is 19.0 Å². The Morgan fingerprint density at radius 2 is 1.85 bits per heavy atom. The molecule has 0 aliphatic carbocycles. The molecule has 3 aromatic rings. The Morgan fingerprint density at radius 3 is 2.50 bits per heavy atom. The van der Waals surface area contributed by atoms with Crippen LogP contribution >= 0.6 is 15.9 Å². The number of likely N-dealkylation sites (tertiary alicyclic amines) is 1. The Balaban J connectivity index is 1.70. The number of aliphatic hydroxyl groups is 1. The lowest BCUT2D eigenvalue weighted by molar-refractivity contribution is -0.139. The lowest BCUT2D eigenvalue weighted by Crippen LogP contribution is -2.31. The number of imidazole rings is 1. The van der Waals surface area contributed by atoms with E-state index in [0.717, 1.165) is 4.47 Å². The molecule has 7 nitrogen and oxygen atoms in total. The van der Waals surface area contributed by atoms with Crippen LogP contribution in [0.2, 0.25) is 0 Å². The Bertz CT molecular complexity index is 1200. The fourth-order valence-corrected chi connectivity index (χ4v) is 4.23. The van der Waals surface area contributed by atoms with E-state index >= 15 is 0 Å². The van der Waals surface area contributed by atoms with Crippen LogP contribution in [0.3, 0.4) is 0 Å². The molecule has 2 aromatic carbocycles. The predicted octanol–water partition coefficient (Wildman–Crippen LogP) is 4.72. The smallest absolute Gasteiger partial charge is 0.295 e. The van der Waals surface area contributed by atoms with Gasteiger partial charge in [0.1, 0.15) is 18.1 Å². The van der Waals surface area contributed by atoms with E-state index in [-0.39, 0.29) is 11.3 Å². The molecule has 4 rings (SSSR count). The van der Waals surface area contributed by atoms with Crippen LogP contribution in [-0.4, -0.2) is 44.4 Å². The third-order valence-electron chi connectivity index (χ3n) is 5.60. The average molecular weight is 522 g/mol. The molecule has 1 aromatic heterocycles. The maximum atomic E-state index is 13.1. The van der Waals surface area contributed by atoms with Gasteiger partial charge in [-0.25, -0.2) is 4.98 Å². The highest BCUT2D eigenvalue weighted by Gasteiger charge is 2.45. The van der Waals surface area contributed by atoms with Crippen molar-refractivity contribution < 1.29 is 19.4 Å². The van der Waals surface area contributed by atoms with Gasteiger partial charge in [0.05, 0.1) is 17.9 Å². The van der Waals surface area contributed by atoms with E-state index < -0.39 is 17.7 Å². The molecule has 0 bridgehead atoms. The zero-order valence-electron chi connectivity index (χ0n) is 18.4. The molecular weight excluding hydrogens is 498 g/mol. The average Bonchev–Trinajstić information content (AvgIpc) is 3.45. The van der Waals surface area contributed by atoms with Gasteiger partial charge in [-0.3, -0.25) is 9.59 Å². The highest BCUT2D eigenvalue weighted by atomic mass is 79.9. The van der Waals surface area contributed by atoms with E-state index in [2.05, 4.69) is 27.5 Å². The summed E-state index contributed by atoms with van der Waals surface area (Å²) in [5.74, 6) is -0.866. The van der Waals surface area contributed by atoms with Crippen molar-refractivity contribution in [1.82, 2.24) is 14.5 Å². The van der Waals surface area contributed by atoms with Crippen molar-refractivity contribution in [3.8, 4) is 5.75 Å². The summed E-state index contributed by atoms with van der Waals surface area (Å²) in [5, 5.41) is 11.1. The minimum atomic E-state index is -0.708. The first-order valence-electron chi connectivity index (χ1n) is 10.8. The summed E-state index contributed by atoms with van der Waals surface area (Å²) in [6.45, 7) is 5.01. The fraction of sp³-hybridized carbons (Fsp3) is 0.192.